The summed E-state index contributed by atoms with van der Waals surface area (Å²) in [7, 11) is -3.21. The highest BCUT2D eigenvalue weighted by molar-refractivity contribution is 7.90. The van der Waals surface area contributed by atoms with Crippen LogP contribution in [0.4, 0.5) is 0 Å². The topological polar surface area (TPSA) is 118 Å². The van der Waals surface area contributed by atoms with E-state index in [0.717, 1.165) is 57.6 Å². The van der Waals surface area contributed by atoms with Gasteiger partial charge in [-0.2, -0.15) is 5.10 Å². The van der Waals surface area contributed by atoms with Crippen molar-refractivity contribution < 1.29 is 23.1 Å². The Balaban J connectivity index is 1.80. The highest BCUT2D eigenvalue weighted by Crippen LogP contribution is 2.41. The van der Waals surface area contributed by atoms with Gasteiger partial charge in [0, 0.05) is 12.5 Å². The van der Waals surface area contributed by atoms with Crippen molar-refractivity contribution in [2.24, 2.45) is 17.8 Å². The highest BCUT2D eigenvalue weighted by atomic mass is 32.2. The maximum atomic E-state index is 13.1. The molecule has 2 fully saturated rings. The summed E-state index contributed by atoms with van der Waals surface area (Å²) in [4.78, 5) is 25.4. The maximum Gasteiger partial charge on any atom is 0.326 e. The van der Waals surface area contributed by atoms with Crippen molar-refractivity contribution in [3.8, 4) is 0 Å². The van der Waals surface area contributed by atoms with Gasteiger partial charge in [0.25, 0.3) is 5.91 Å². The standard InChI is InChI=1S/C22H35N3O5S/c1-31(29,30)15-14-25-18(12-13-23-25)21(26)24-20(22(27)28)19(16-8-4-2-5-9-16)17-10-6-3-7-11-17/h12-13,16-17,19-20H,2-11,14-15H2,1H3,(H,24,26)(H,27,28). The molecule has 2 aliphatic rings. The van der Waals surface area contributed by atoms with E-state index in [4.69, 9.17) is 0 Å². The summed E-state index contributed by atoms with van der Waals surface area (Å²) in [6, 6.07) is 0.559. The number of carboxylic acids is 1. The molecule has 0 saturated heterocycles. The zero-order valence-corrected chi connectivity index (χ0v) is 19.1. The number of hydrogen-bond acceptors (Lipinski definition) is 5. The van der Waals surface area contributed by atoms with Gasteiger partial charge in [0.15, 0.2) is 0 Å². The largest absolute Gasteiger partial charge is 0.480 e. The van der Waals surface area contributed by atoms with E-state index in [1.807, 2.05) is 0 Å². The Morgan fingerprint density at radius 1 is 1.10 bits per heavy atom. The second kappa shape index (κ2) is 10.6. The third-order valence-electron chi connectivity index (χ3n) is 6.95. The van der Waals surface area contributed by atoms with Crippen LogP contribution in [0.2, 0.25) is 0 Å². The van der Waals surface area contributed by atoms with Crippen LogP contribution in [-0.4, -0.2) is 53.2 Å². The Kier molecular flexibility index (Phi) is 8.13. The van der Waals surface area contributed by atoms with E-state index in [-0.39, 0.29) is 23.9 Å². The Bertz CT molecular complexity index is 836. The molecule has 2 N–H and O–H groups in total. The smallest absolute Gasteiger partial charge is 0.326 e. The molecule has 1 aromatic heterocycles. The van der Waals surface area contributed by atoms with Crippen LogP contribution in [0.5, 0.6) is 0 Å². The van der Waals surface area contributed by atoms with Crippen molar-refractivity contribution in [2.75, 3.05) is 12.0 Å². The molecule has 0 aromatic carbocycles. The number of carboxylic acid groups (broad SMARTS) is 1. The summed E-state index contributed by atoms with van der Waals surface area (Å²) in [6.45, 7) is 0.0566. The molecule has 1 amide bonds. The van der Waals surface area contributed by atoms with Crippen LogP contribution in [0.1, 0.15) is 74.7 Å². The minimum Gasteiger partial charge on any atom is -0.480 e. The van der Waals surface area contributed by atoms with Gasteiger partial charge in [-0.25, -0.2) is 13.2 Å². The van der Waals surface area contributed by atoms with Crippen molar-refractivity contribution in [3.05, 3.63) is 18.0 Å². The number of carbonyl (C=O) groups excluding carboxylic acids is 1. The molecule has 8 nitrogen and oxygen atoms in total. The van der Waals surface area contributed by atoms with Gasteiger partial charge in [0.05, 0.1) is 12.3 Å². The zero-order valence-electron chi connectivity index (χ0n) is 18.3. The first-order valence-electron chi connectivity index (χ1n) is 11.5. The summed E-state index contributed by atoms with van der Waals surface area (Å²) in [5, 5.41) is 17.0. The number of aromatic nitrogens is 2. The molecule has 9 heteroatoms. The number of sulfone groups is 1. The summed E-state index contributed by atoms with van der Waals surface area (Å²) in [5.41, 5.74) is 0.195. The predicted octanol–water partition coefficient (Wildman–Crippen LogP) is 2.89. The number of carbonyl (C=O) groups is 2. The predicted molar refractivity (Wildman–Crippen MR) is 117 cm³/mol. The third kappa shape index (κ3) is 6.54. The lowest BCUT2D eigenvalue weighted by Gasteiger charge is -2.41. The zero-order chi connectivity index (χ0) is 22.4. The van der Waals surface area contributed by atoms with Crippen LogP contribution in [0.15, 0.2) is 12.3 Å². The number of amides is 1. The van der Waals surface area contributed by atoms with Crippen molar-refractivity contribution in [1.29, 1.82) is 0 Å². The van der Waals surface area contributed by atoms with Gasteiger partial charge in [-0.05, 0) is 23.8 Å². The third-order valence-corrected chi connectivity index (χ3v) is 7.87. The molecule has 3 rings (SSSR count). The number of hydrogen-bond donors (Lipinski definition) is 2. The number of aliphatic carboxylic acids is 1. The van der Waals surface area contributed by atoms with Gasteiger partial charge in [-0.3, -0.25) is 9.48 Å². The maximum absolute atomic E-state index is 13.1. The Morgan fingerprint density at radius 3 is 2.13 bits per heavy atom. The average molecular weight is 454 g/mol. The van der Waals surface area contributed by atoms with Gasteiger partial charge in [-0.1, -0.05) is 64.2 Å². The van der Waals surface area contributed by atoms with E-state index in [9.17, 15) is 23.1 Å². The van der Waals surface area contributed by atoms with Crippen molar-refractivity contribution in [3.63, 3.8) is 0 Å². The fourth-order valence-corrected chi connectivity index (χ4v) is 5.97. The van der Waals surface area contributed by atoms with E-state index in [1.165, 1.54) is 29.8 Å². The number of rotatable bonds is 9. The molecule has 1 unspecified atom stereocenters. The first-order valence-corrected chi connectivity index (χ1v) is 13.6. The number of nitrogens with zero attached hydrogens (tertiary/aromatic N) is 2. The van der Waals surface area contributed by atoms with Gasteiger partial charge in [0.1, 0.15) is 21.6 Å². The van der Waals surface area contributed by atoms with Crippen LogP contribution in [-0.2, 0) is 21.2 Å². The molecule has 1 heterocycles. The minimum absolute atomic E-state index is 0.0566. The minimum atomic E-state index is -3.21. The van der Waals surface area contributed by atoms with Crippen LogP contribution < -0.4 is 5.32 Å². The summed E-state index contributed by atoms with van der Waals surface area (Å²) in [5.74, 6) is -1.08. The molecule has 0 bridgehead atoms. The van der Waals surface area contributed by atoms with Crippen LogP contribution in [0.3, 0.4) is 0 Å². The van der Waals surface area contributed by atoms with Gasteiger partial charge >= 0.3 is 5.97 Å². The average Bonchev–Trinajstić information content (AvgIpc) is 3.21. The first-order chi connectivity index (χ1) is 14.8. The molecule has 2 saturated carbocycles. The molecular weight excluding hydrogens is 418 g/mol. The number of nitrogens with one attached hydrogen (secondary N) is 1. The van der Waals surface area contributed by atoms with Crippen molar-refractivity contribution in [1.82, 2.24) is 15.1 Å². The van der Waals surface area contributed by atoms with Crippen LogP contribution >= 0.6 is 0 Å². The SMILES string of the molecule is CS(=O)(=O)CCn1nccc1C(=O)NC(C(=O)O)C(C1CCCCC1)C1CCCCC1. The molecule has 0 aliphatic heterocycles. The monoisotopic (exact) mass is 453 g/mol. The molecule has 174 valence electrons. The molecule has 0 spiro atoms. The molecule has 1 aromatic rings. The molecule has 0 radical (unpaired) electrons. The van der Waals surface area contributed by atoms with Crippen molar-refractivity contribution >= 4 is 21.7 Å². The Hall–Kier alpha value is -1.90. The second-order valence-electron chi connectivity index (χ2n) is 9.23. The fraction of sp³-hybridized carbons (Fsp3) is 0.773. The summed E-state index contributed by atoms with van der Waals surface area (Å²) >= 11 is 0. The normalized spacial score (nSPS) is 19.9. The Morgan fingerprint density at radius 2 is 1.65 bits per heavy atom. The van der Waals surface area contributed by atoms with E-state index < -0.39 is 27.8 Å². The van der Waals surface area contributed by atoms with E-state index in [1.54, 1.807) is 0 Å². The van der Waals surface area contributed by atoms with E-state index in [0.29, 0.717) is 11.8 Å². The Labute approximate surface area is 184 Å². The van der Waals surface area contributed by atoms with Gasteiger partial charge in [-0.15, -0.1) is 0 Å². The first kappa shape index (κ1) is 23.8. The van der Waals surface area contributed by atoms with Crippen LogP contribution in [0.25, 0.3) is 0 Å². The number of aryl methyl sites for hydroxylation is 1. The summed E-state index contributed by atoms with van der Waals surface area (Å²) in [6.07, 6.45) is 13.5. The second-order valence-corrected chi connectivity index (χ2v) is 11.5. The van der Waals surface area contributed by atoms with Crippen LogP contribution in [0, 0.1) is 17.8 Å². The quantitative estimate of drug-likeness (QED) is 0.593. The van der Waals surface area contributed by atoms with Gasteiger partial charge < -0.3 is 10.4 Å². The molecule has 31 heavy (non-hydrogen) atoms. The molecule has 1 atom stereocenters. The van der Waals surface area contributed by atoms with E-state index >= 15 is 0 Å². The molecular formula is C22H35N3O5S. The lowest BCUT2D eigenvalue weighted by atomic mass is 9.66. The van der Waals surface area contributed by atoms with Crippen molar-refractivity contribution in [2.45, 2.75) is 76.8 Å². The molecule has 2 aliphatic carbocycles. The summed E-state index contributed by atoms with van der Waals surface area (Å²) < 4.78 is 24.3. The fourth-order valence-electron chi connectivity index (χ4n) is 5.46. The van der Waals surface area contributed by atoms with E-state index in [2.05, 4.69) is 10.4 Å². The van der Waals surface area contributed by atoms with Gasteiger partial charge in [0.2, 0.25) is 0 Å². The highest BCUT2D eigenvalue weighted by Gasteiger charge is 2.41. The lowest BCUT2D eigenvalue weighted by Crippen LogP contribution is -2.51. The lowest BCUT2D eigenvalue weighted by molar-refractivity contribution is -0.142.